The zero-order valence-electron chi connectivity index (χ0n) is 19.1. The topological polar surface area (TPSA) is 107 Å². The van der Waals surface area contributed by atoms with E-state index >= 15 is 0 Å². The maximum Gasteiger partial charge on any atom is 0.250 e. The minimum atomic E-state index is -4.05. The van der Waals surface area contributed by atoms with Crippen molar-refractivity contribution in [1.82, 2.24) is 4.72 Å². The maximum atomic E-state index is 12.4. The number of anilines is 1. The van der Waals surface area contributed by atoms with Crippen molar-refractivity contribution in [2.45, 2.75) is 33.3 Å². The van der Waals surface area contributed by atoms with E-state index in [0.29, 0.717) is 12.2 Å². The number of furan rings is 1. The Bertz CT molecular complexity index is 1280. The second-order valence-corrected chi connectivity index (χ2v) is 9.39. The van der Waals surface area contributed by atoms with E-state index in [2.05, 4.69) is 41.7 Å². The van der Waals surface area contributed by atoms with E-state index in [1.807, 2.05) is 18.2 Å². The number of allylic oxidation sites excluding steroid dienone is 1. The zero-order valence-corrected chi connectivity index (χ0v) is 19.9. The molecule has 1 heterocycles. The minimum absolute atomic E-state index is 0.158. The van der Waals surface area contributed by atoms with Gasteiger partial charge in [-0.1, -0.05) is 25.1 Å². The minimum Gasteiger partial charge on any atom is -0.457 e. The van der Waals surface area contributed by atoms with Crippen LogP contribution in [0.1, 0.15) is 33.0 Å². The van der Waals surface area contributed by atoms with Crippen molar-refractivity contribution in [2.24, 2.45) is 0 Å². The smallest absolute Gasteiger partial charge is 0.250 e. The molecule has 3 rings (SSSR count). The van der Waals surface area contributed by atoms with Gasteiger partial charge in [0.2, 0.25) is 0 Å². The van der Waals surface area contributed by atoms with Crippen molar-refractivity contribution in [3.8, 4) is 17.4 Å². The highest BCUT2D eigenvalue weighted by Crippen LogP contribution is 2.29. The standard InChI is InChI=1S/C25H29N3O4S/c1-4-22(29)17-27-33(30,31)24(16-26)15-23-11-12-25(32-23)20-8-7-19-14-21(28(5-2)6-3)10-9-18(19)13-20/h7-15,22,27,29H,4-6,17H2,1-3H3/b24-15+. The summed E-state index contributed by atoms with van der Waals surface area (Å²) in [5, 5.41) is 21.1. The molecule has 1 aromatic heterocycles. The van der Waals surface area contributed by atoms with Crippen molar-refractivity contribution >= 4 is 32.6 Å². The SMILES string of the molecule is CCC(O)CNS(=O)(=O)/C(C#N)=C/c1ccc(-c2ccc3cc(N(CC)CC)ccc3c2)o1. The number of nitrogens with one attached hydrogen (secondary N) is 1. The first-order valence-corrected chi connectivity index (χ1v) is 12.5. The van der Waals surface area contributed by atoms with Gasteiger partial charge in [0.05, 0.1) is 6.10 Å². The van der Waals surface area contributed by atoms with Gasteiger partial charge in [0.1, 0.15) is 17.6 Å². The number of rotatable bonds is 10. The molecule has 2 N–H and O–H groups in total. The van der Waals surface area contributed by atoms with Gasteiger partial charge in [-0.05, 0) is 61.4 Å². The van der Waals surface area contributed by atoms with Crippen LogP contribution in [0.15, 0.2) is 57.9 Å². The van der Waals surface area contributed by atoms with Crippen molar-refractivity contribution in [3.63, 3.8) is 0 Å². The van der Waals surface area contributed by atoms with Crippen LogP contribution in [0.3, 0.4) is 0 Å². The second kappa shape index (κ2) is 10.7. The first-order chi connectivity index (χ1) is 15.8. The quantitative estimate of drug-likeness (QED) is 0.425. The molecule has 2 aromatic carbocycles. The van der Waals surface area contributed by atoms with Crippen LogP contribution in [0.2, 0.25) is 0 Å². The number of hydrogen-bond donors (Lipinski definition) is 2. The molecule has 0 aliphatic heterocycles. The van der Waals surface area contributed by atoms with Crippen LogP contribution in [0.4, 0.5) is 5.69 Å². The van der Waals surface area contributed by atoms with Gasteiger partial charge in [-0.25, -0.2) is 13.1 Å². The van der Waals surface area contributed by atoms with Gasteiger partial charge < -0.3 is 14.4 Å². The highest BCUT2D eigenvalue weighted by molar-refractivity contribution is 7.93. The summed E-state index contributed by atoms with van der Waals surface area (Å²) in [5.74, 6) is 0.819. The normalized spacial score (nSPS) is 13.1. The zero-order chi connectivity index (χ0) is 24.0. The fourth-order valence-corrected chi connectivity index (χ4v) is 4.44. The summed E-state index contributed by atoms with van der Waals surface area (Å²) in [5.41, 5.74) is 2.03. The lowest BCUT2D eigenvalue weighted by atomic mass is 10.0. The Labute approximate surface area is 195 Å². The molecule has 0 aliphatic carbocycles. The molecule has 0 saturated carbocycles. The molecule has 7 nitrogen and oxygen atoms in total. The van der Waals surface area contributed by atoms with Crippen LogP contribution < -0.4 is 9.62 Å². The summed E-state index contributed by atoms with van der Waals surface area (Å²) in [6.45, 7) is 7.73. The van der Waals surface area contributed by atoms with Crippen LogP contribution in [0, 0.1) is 11.3 Å². The summed E-state index contributed by atoms with van der Waals surface area (Å²) in [6.07, 6.45) is 0.769. The summed E-state index contributed by atoms with van der Waals surface area (Å²) >= 11 is 0. The number of nitriles is 1. The van der Waals surface area contributed by atoms with E-state index in [1.54, 1.807) is 25.1 Å². The van der Waals surface area contributed by atoms with Crippen LogP contribution in [0.5, 0.6) is 0 Å². The number of aliphatic hydroxyl groups is 1. The molecule has 0 aliphatic rings. The molecule has 0 amide bonds. The fourth-order valence-electron chi connectivity index (χ4n) is 3.48. The van der Waals surface area contributed by atoms with Gasteiger partial charge in [-0.15, -0.1) is 0 Å². The molecule has 3 aromatic rings. The van der Waals surface area contributed by atoms with E-state index in [4.69, 9.17) is 4.42 Å². The van der Waals surface area contributed by atoms with E-state index in [0.717, 1.165) is 29.4 Å². The first kappa shape index (κ1) is 24.5. The highest BCUT2D eigenvalue weighted by Gasteiger charge is 2.19. The summed E-state index contributed by atoms with van der Waals surface area (Å²) in [6, 6.07) is 17.4. The van der Waals surface area contributed by atoms with E-state index in [9.17, 15) is 18.8 Å². The predicted octanol–water partition coefficient (Wildman–Crippen LogP) is 4.50. The monoisotopic (exact) mass is 467 g/mol. The van der Waals surface area contributed by atoms with Gasteiger partial charge in [0, 0.05) is 37.0 Å². The Morgan fingerprint density at radius 2 is 1.82 bits per heavy atom. The van der Waals surface area contributed by atoms with Crippen molar-refractivity contribution in [2.75, 3.05) is 24.5 Å². The van der Waals surface area contributed by atoms with E-state index in [-0.39, 0.29) is 12.3 Å². The van der Waals surface area contributed by atoms with E-state index < -0.39 is 21.0 Å². The average Bonchev–Trinajstić information content (AvgIpc) is 3.30. The number of fused-ring (bicyclic) bond motifs is 1. The lowest BCUT2D eigenvalue weighted by Gasteiger charge is -2.21. The number of aliphatic hydroxyl groups excluding tert-OH is 1. The largest absolute Gasteiger partial charge is 0.457 e. The molecule has 0 saturated heterocycles. The highest BCUT2D eigenvalue weighted by atomic mass is 32.2. The molecule has 174 valence electrons. The molecule has 33 heavy (non-hydrogen) atoms. The van der Waals surface area contributed by atoms with E-state index in [1.165, 1.54) is 11.8 Å². The van der Waals surface area contributed by atoms with Gasteiger partial charge >= 0.3 is 0 Å². The van der Waals surface area contributed by atoms with Crippen molar-refractivity contribution < 1.29 is 17.9 Å². The Balaban J connectivity index is 1.85. The third-order valence-electron chi connectivity index (χ3n) is 5.52. The van der Waals surface area contributed by atoms with Crippen LogP contribution in [-0.2, 0) is 10.0 Å². The second-order valence-electron chi connectivity index (χ2n) is 7.65. The summed E-state index contributed by atoms with van der Waals surface area (Å²) < 4.78 is 32.8. The van der Waals surface area contributed by atoms with Gasteiger partial charge in [0.25, 0.3) is 10.0 Å². The number of sulfonamides is 1. The van der Waals surface area contributed by atoms with Gasteiger partial charge in [0.15, 0.2) is 4.91 Å². The average molecular weight is 468 g/mol. The fraction of sp³-hybridized carbons (Fsp3) is 0.320. The first-order valence-electron chi connectivity index (χ1n) is 11.0. The lowest BCUT2D eigenvalue weighted by molar-refractivity contribution is 0.174. The van der Waals surface area contributed by atoms with Crippen LogP contribution in [0.25, 0.3) is 28.2 Å². The molecular formula is C25H29N3O4S. The molecule has 8 heteroatoms. The third-order valence-corrected chi connectivity index (χ3v) is 6.85. The molecule has 0 bridgehead atoms. The Hall–Kier alpha value is -3.12. The lowest BCUT2D eigenvalue weighted by Crippen LogP contribution is -2.32. The van der Waals surface area contributed by atoms with Gasteiger partial charge in [-0.3, -0.25) is 0 Å². The Morgan fingerprint density at radius 3 is 2.48 bits per heavy atom. The third kappa shape index (κ3) is 5.82. The Morgan fingerprint density at radius 1 is 1.12 bits per heavy atom. The van der Waals surface area contributed by atoms with Crippen LogP contribution in [-0.4, -0.2) is 39.3 Å². The Kier molecular flexibility index (Phi) is 7.92. The van der Waals surface area contributed by atoms with Crippen LogP contribution >= 0.6 is 0 Å². The predicted molar refractivity (Wildman–Crippen MR) is 132 cm³/mol. The summed E-state index contributed by atoms with van der Waals surface area (Å²) in [7, 11) is -4.05. The molecule has 0 spiro atoms. The number of nitrogens with zero attached hydrogens (tertiary/aromatic N) is 2. The number of hydrogen-bond acceptors (Lipinski definition) is 6. The molecule has 0 radical (unpaired) electrons. The molecule has 0 fully saturated rings. The summed E-state index contributed by atoms with van der Waals surface area (Å²) in [4.78, 5) is 1.81. The number of benzene rings is 2. The van der Waals surface area contributed by atoms with Crippen molar-refractivity contribution in [1.29, 1.82) is 5.26 Å². The molecule has 1 unspecified atom stereocenters. The van der Waals surface area contributed by atoms with Gasteiger partial charge in [-0.2, -0.15) is 5.26 Å². The molecule has 1 atom stereocenters. The van der Waals surface area contributed by atoms with Crippen molar-refractivity contribution in [3.05, 3.63) is 59.2 Å². The molecular weight excluding hydrogens is 438 g/mol. The maximum absolute atomic E-state index is 12.4.